The van der Waals surface area contributed by atoms with Crippen LogP contribution in [-0.2, 0) is 38.8 Å². The van der Waals surface area contributed by atoms with Gasteiger partial charge in [-0.15, -0.1) is 0 Å². The first-order valence-corrected chi connectivity index (χ1v) is 16.3. The predicted octanol–water partition coefficient (Wildman–Crippen LogP) is 6.43. The van der Waals surface area contributed by atoms with E-state index < -0.39 is 30.4 Å². The third kappa shape index (κ3) is 15.8. The number of halogens is 3. The molecule has 0 bridgehead atoms. The van der Waals surface area contributed by atoms with E-state index in [0.29, 0.717) is 19.3 Å². The van der Waals surface area contributed by atoms with Crippen LogP contribution in [0.5, 0.6) is 0 Å². The Hall–Kier alpha value is -5.27. The van der Waals surface area contributed by atoms with Crippen molar-refractivity contribution in [3.8, 4) is 0 Å². The van der Waals surface area contributed by atoms with Gasteiger partial charge < -0.3 is 34.6 Å². The maximum Gasteiger partial charge on any atom is 0.471 e. The van der Waals surface area contributed by atoms with Gasteiger partial charge in [0.15, 0.2) is 0 Å². The molecular formula is C36H43F3N4O7. The van der Waals surface area contributed by atoms with Crippen molar-refractivity contribution >= 4 is 24.2 Å². The topological polar surface area (TPSA) is 127 Å². The van der Waals surface area contributed by atoms with Gasteiger partial charge in [-0.05, 0) is 42.4 Å². The van der Waals surface area contributed by atoms with E-state index >= 15 is 0 Å². The lowest BCUT2D eigenvalue weighted by atomic mass is 10.2. The fourth-order valence-electron chi connectivity index (χ4n) is 4.62. The highest BCUT2D eigenvalue weighted by molar-refractivity contribution is 5.81. The first-order valence-electron chi connectivity index (χ1n) is 16.3. The number of amides is 4. The maximum atomic E-state index is 13.1. The highest BCUT2D eigenvalue weighted by Gasteiger charge is 2.38. The summed E-state index contributed by atoms with van der Waals surface area (Å²) >= 11 is 0. The molecule has 0 unspecified atom stereocenters. The SMILES string of the molecule is O=C(NCCCN(CCCCN(CCCNC(=O)C(F)(F)F)C(=O)OCc1ccccc1)C(=O)OCc1ccccc1)OCc1ccccc1. The standard InChI is InChI=1S/C36H43F3N4O7/c37-36(38,39)32(44)40-20-12-24-42(34(46)49-27-30-16-6-2-7-17-30)22-10-11-23-43(35(47)50-28-31-18-8-3-9-19-31)25-13-21-41-33(45)48-26-29-14-4-1-5-15-29/h1-9,14-19H,10-13,20-28H2,(H,40,44)(H,41,45). The Morgan fingerprint density at radius 3 is 1.28 bits per heavy atom. The van der Waals surface area contributed by atoms with Gasteiger partial charge in [-0.2, -0.15) is 13.2 Å². The lowest BCUT2D eigenvalue weighted by molar-refractivity contribution is -0.173. The van der Waals surface area contributed by atoms with Gasteiger partial charge in [0.05, 0.1) is 0 Å². The summed E-state index contributed by atoms with van der Waals surface area (Å²) in [4.78, 5) is 52.2. The molecule has 3 aromatic carbocycles. The van der Waals surface area contributed by atoms with Gasteiger partial charge in [-0.25, -0.2) is 14.4 Å². The van der Waals surface area contributed by atoms with Gasteiger partial charge in [0.2, 0.25) is 0 Å². The maximum absolute atomic E-state index is 13.1. The minimum atomic E-state index is -5.00. The Morgan fingerprint density at radius 2 is 0.880 bits per heavy atom. The van der Waals surface area contributed by atoms with Crippen LogP contribution in [0.1, 0.15) is 42.4 Å². The number of alkyl halides is 3. The summed E-state index contributed by atoms with van der Waals surface area (Å²) in [6, 6.07) is 27.5. The summed E-state index contributed by atoms with van der Waals surface area (Å²) in [7, 11) is 0. The van der Waals surface area contributed by atoms with Crippen molar-refractivity contribution in [1.29, 1.82) is 0 Å². The Balaban J connectivity index is 1.51. The van der Waals surface area contributed by atoms with Gasteiger partial charge in [0.1, 0.15) is 19.8 Å². The number of rotatable bonds is 19. The number of nitrogens with zero attached hydrogens (tertiary/aromatic N) is 2. The second kappa shape index (κ2) is 21.6. The molecule has 0 saturated carbocycles. The number of ether oxygens (including phenoxy) is 3. The van der Waals surface area contributed by atoms with E-state index in [1.54, 1.807) is 29.6 Å². The molecule has 0 aliphatic rings. The molecule has 14 heteroatoms. The van der Waals surface area contributed by atoms with E-state index in [0.717, 1.165) is 16.7 Å². The summed E-state index contributed by atoms with van der Waals surface area (Å²) in [6.07, 6.45) is -5.39. The predicted molar refractivity (Wildman–Crippen MR) is 179 cm³/mol. The molecule has 0 aromatic heterocycles. The summed E-state index contributed by atoms with van der Waals surface area (Å²) in [5.74, 6) is -2.05. The first kappa shape index (κ1) is 39.2. The second-order valence-corrected chi connectivity index (χ2v) is 11.2. The van der Waals surface area contributed by atoms with E-state index in [4.69, 9.17) is 14.2 Å². The van der Waals surface area contributed by atoms with E-state index in [9.17, 15) is 32.3 Å². The lowest BCUT2D eigenvalue weighted by Crippen LogP contribution is -2.39. The molecule has 270 valence electrons. The Bertz CT molecular complexity index is 1450. The van der Waals surface area contributed by atoms with Crippen molar-refractivity contribution in [1.82, 2.24) is 20.4 Å². The van der Waals surface area contributed by atoms with Gasteiger partial charge >= 0.3 is 30.4 Å². The van der Waals surface area contributed by atoms with Crippen LogP contribution in [0, 0.1) is 0 Å². The fourth-order valence-corrected chi connectivity index (χ4v) is 4.62. The largest absolute Gasteiger partial charge is 0.471 e. The van der Waals surface area contributed by atoms with E-state index in [1.165, 1.54) is 9.80 Å². The molecule has 0 spiro atoms. The molecule has 0 radical (unpaired) electrons. The van der Waals surface area contributed by atoms with Crippen LogP contribution in [0.4, 0.5) is 27.6 Å². The van der Waals surface area contributed by atoms with Crippen molar-refractivity contribution in [3.63, 3.8) is 0 Å². The van der Waals surface area contributed by atoms with Crippen LogP contribution in [0.15, 0.2) is 91.0 Å². The third-order valence-corrected chi connectivity index (χ3v) is 7.27. The van der Waals surface area contributed by atoms with E-state index in [1.807, 2.05) is 66.7 Å². The molecule has 50 heavy (non-hydrogen) atoms. The normalized spacial score (nSPS) is 10.9. The monoisotopic (exact) mass is 700 g/mol. The lowest BCUT2D eigenvalue weighted by Gasteiger charge is -2.25. The number of nitrogens with one attached hydrogen (secondary N) is 2. The number of hydrogen-bond donors (Lipinski definition) is 2. The molecule has 3 aromatic rings. The zero-order valence-corrected chi connectivity index (χ0v) is 27.7. The van der Waals surface area contributed by atoms with E-state index in [2.05, 4.69) is 5.32 Å². The van der Waals surface area contributed by atoms with Gasteiger partial charge in [0.25, 0.3) is 0 Å². The minimum absolute atomic E-state index is 0.00977. The van der Waals surface area contributed by atoms with Crippen molar-refractivity contribution in [2.75, 3.05) is 39.3 Å². The first-order chi connectivity index (χ1) is 24.1. The van der Waals surface area contributed by atoms with Crippen molar-refractivity contribution in [2.45, 2.75) is 51.7 Å². The number of alkyl carbamates (subject to hydrolysis) is 1. The third-order valence-electron chi connectivity index (χ3n) is 7.27. The van der Waals surface area contributed by atoms with Crippen LogP contribution in [0.25, 0.3) is 0 Å². The molecule has 2 N–H and O–H groups in total. The number of benzene rings is 3. The van der Waals surface area contributed by atoms with Crippen molar-refractivity contribution < 1.29 is 46.6 Å². The van der Waals surface area contributed by atoms with Gasteiger partial charge in [-0.3, -0.25) is 4.79 Å². The number of unbranched alkanes of at least 4 members (excludes halogenated alkanes) is 1. The van der Waals surface area contributed by atoms with Crippen LogP contribution in [0.3, 0.4) is 0 Å². The summed E-state index contributed by atoms with van der Waals surface area (Å²) in [5, 5.41) is 4.48. The molecular weight excluding hydrogens is 657 g/mol. The summed E-state index contributed by atoms with van der Waals surface area (Å²) in [5.41, 5.74) is 2.44. The van der Waals surface area contributed by atoms with Crippen LogP contribution < -0.4 is 10.6 Å². The van der Waals surface area contributed by atoms with Crippen molar-refractivity contribution in [3.05, 3.63) is 108 Å². The number of carbonyl (C=O) groups is 4. The molecule has 4 amide bonds. The number of carbonyl (C=O) groups excluding carboxylic acids is 4. The average molecular weight is 701 g/mol. The second-order valence-electron chi connectivity index (χ2n) is 11.2. The van der Waals surface area contributed by atoms with E-state index in [-0.39, 0.29) is 65.5 Å². The average Bonchev–Trinajstić information content (AvgIpc) is 3.12. The van der Waals surface area contributed by atoms with Crippen LogP contribution in [-0.4, -0.2) is 79.4 Å². The number of hydrogen-bond acceptors (Lipinski definition) is 7. The molecule has 0 saturated heterocycles. The Kier molecular flexibility index (Phi) is 17.0. The highest BCUT2D eigenvalue weighted by atomic mass is 19.4. The summed E-state index contributed by atoms with van der Waals surface area (Å²) < 4.78 is 53.8. The van der Waals surface area contributed by atoms with Crippen LogP contribution >= 0.6 is 0 Å². The van der Waals surface area contributed by atoms with Gasteiger partial charge in [0, 0.05) is 39.3 Å². The molecule has 0 atom stereocenters. The molecule has 3 rings (SSSR count). The van der Waals surface area contributed by atoms with Crippen molar-refractivity contribution in [2.24, 2.45) is 0 Å². The molecule has 0 fully saturated rings. The quantitative estimate of drug-likeness (QED) is 0.109. The molecule has 0 aliphatic heterocycles. The minimum Gasteiger partial charge on any atom is -0.445 e. The molecule has 0 heterocycles. The fraction of sp³-hybridized carbons (Fsp3) is 0.389. The molecule has 11 nitrogen and oxygen atoms in total. The summed E-state index contributed by atoms with van der Waals surface area (Å²) in [6.45, 7) is 0.974. The van der Waals surface area contributed by atoms with Crippen LogP contribution in [0.2, 0.25) is 0 Å². The highest BCUT2D eigenvalue weighted by Crippen LogP contribution is 2.14. The zero-order valence-electron chi connectivity index (χ0n) is 27.7. The Labute approximate surface area is 289 Å². The van der Waals surface area contributed by atoms with Gasteiger partial charge in [-0.1, -0.05) is 91.0 Å². The Morgan fingerprint density at radius 1 is 0.520 bits per heavy atom. The molecule has 0 aliphatic carbocycles. The zero-order chi connectivity index (χ0) is 36.0. The smallest absolute Gasteiger partial charge is 0.445 e.